The molecule has 4 aromatic rings. The van der Waals surface area contributed by atoms with Crippen molar-refractivity contribution in [1.29, 1.82) is 0 Å². The zero-order chi connectivity index (χ0) is 24.9. The van der Waals surface area contributed by atoms with Crippen LogP contribution in [-0.4, -0.2) is 53.5 Å². The molecule has 1 aliphatic rings. The first-order chi connectivity index (χ1) is 17.5. The van der Waals surface area contributed by atoms with E-state index >= 15 is 0 Å². The third-order valence-electron chi connectivity index (χ3n) is 6.33. The summed E-state index contributed by atoms with van der Waals surface area (Å²) in [6, 6.07) is 28.0. The monoisotopic (exact) mass is 497 g/mol. The molecule has 1 aromatic heterocycles. The molecule has 6 nitrogen and oxygen atoms in total. The lowest BCUT2D eigenvalue weighted by Gasteiger charge is -2.35. The molecule has 0 atom stereocenters. The van der Waals surface area contributed by atoms with Crippen LogP contribution in [0.4, 0.5) is 11.6 Å². The number of amides is 1. The Bertz CT molecular complexity index is 1250. The lowest BCUT2D eigenvalue weighted by Crippen LogP contribution is -2.48. The van der Waals surface area contributed by atoms with Gasteiger partial charge in [0.15, 0.2) is 0 Å². The lowest BCUT2D eigenvalue weighted by atomic mass is 10.1. The van der Waals surface area contributed by atoms with Gasteiger partial charge in [0.05, 0.1) is 17.9 Å². The molecule has 1 aliphatic heterocycles. The Hall–Kier alpha value is -3.74. The minimum absolute atomic E-state index is 0.119. The van der Waals surface area contributed by atoms with Gasteiger partial charge in [-0.3, -0.25) is 15.0 Å². The number of aryl methyl sites for hydroxylation is 1. The van der Waals surface area contributed by atoms with Crippen LogP contribution < -0.4 is 10.2 Å². The quantitative estimate of drug-likeness (QED) is 0.379. The molecule has 1 fully saturated rings. The molecule has 0 bridgehead atoms. The molecule has 1 amide bonds. The van der Waals surface area contributed by atoms with Crippen LogP contribution in [0, 0.1) is 6.92 Å². The van der Waals surface area contributed by atoms with Gasteiger partial charge in [0.2, 0.25) is 11.9 Å². The first-order valence-electron chi connectivity index (χ1n) is 12.1. The summed E-state index contributed by atoms with van der Waals surface area (Å²) < 4.78 is 0. The third kappa shape index (κ3) is 5.90. The SMILES string of the molecule is Cc1ccc(-c2cc(-c3ccc(Cl)cc3)nc(NC(=O)CN3CCN(c4ccccc4)CC3)n2)cc1. The second kappa shape index (κ2) is 10.9. The number of anilines is 2. The number of para-hydroxylation sites is 1. The topological polar surface area (TPSA) is 61.4 Å². The molecule has 3 aromatic carbocycles. The predicted octanol–water partition coefficient (Wildman–Crippen LogP) is 5.53. The Morgan fingerprint density at radius 1 is 0.833 bits per heavy atom. The maximum atomic E-state index is 13.0. The second-order valence-electron chi connectivity index (χ2n) is 8.98. The zero-order valence-electron chi connectivity index (χ0n) is 20.2. The number of carbonyl (C=O) groups excluding carboxylic acids is 1. The summed E-state index contributed by atoms with van der Waals surface area (Å²) in [6.45, 7) is 5.77. The van der Waals surface area contributed by atoms with E-state index in [0.717, 1.165) is 48.7 Å². The van der Waals surface area contributed by atoms with E-state index in [1.165, 1.54) is 11.3 Å². The van der Waals surface area contributed by atoms with E-state index in [1.54, 1.807) is 0 Å². The van der Waals surface area contributed by atoms with Gasteiger partial charge in [0.25, 0.3) is 0 Å². The molecule has 0 aliphatic carbocycles. The first-order valence-corrected chi connectivity index (χ1v) is 12.5. The lowest BCUT2D eigenvalue weighted by molar-refractivity contribution is -0.117. The van der Waals surface area contributed by atoms with Gasteiger partial charge < -0.3 is 4.90 Å². The molecule has 0 saturated carbocycles. The summed E-state index contributed by atoms with van der Waals surface area (Å²) in [6.07, 6.45) is 0. The van der Waals surface area contributed by atoms with Crippen molar-refractivity contribution in [1.82, 2.24) is 14.9 Å². The summed E-state index contributed by atoms with van der Waals surface area (Å²) in [5.74, 6) is 0.178. The molecule has 1 N–H and O–H groups in total. The van der Waals surface area contributed by atoms with Crippen molar-refractivity contribution in [2.24, 2.45) is 0 Å². The molecule has 1 saturated heterocycles. The van der Waals surface area contributed by atoms with Crippen LogP contribution >= 0.6 is 11.6 Å². The Morgan fingerprint density at radius 3 is 2.03 bits per heavy atom. The van der Waals surface area contributed by atoms with Crippen molar-refractivity contribution in [2.75, 3.05) is 42.9 Å². The Balaban J connectivity index is 1.30. The number of hydrogen-bond acceptors (Lipinski definition) is 5. The second-order valence-corrected chi connectivity index (χ2v) is 9.42. The molecule has 2 heterocycles. The van der Waals surface area contributed by atoms with Crippen LogP contribution in [0.3, 0.4) is 0 Å². The van der Waals surface area contributed by atoms with Crippen molar-refractivity contribution < 1.29 is 4.79 Å². The third-order valence-corrected chi connectivity index (χ3v) is 6.58. The van der Waals surface area contributed by atoms with Gasteiger partial charge >= 0.3 is 0 Å². The van der Waals surface area contributed by atoms with Gasteiger partial charge in [-0.15, -0.1) is 0 Å². The van der Waals surface area contributed by atoms with Crippen LogP contribution in [0.15, 0.2) is 84.9 Å². The first kappa shape index (κ1) is 24.0. The fourth-order valence-electron chi connectivity index (χ4n) is 4.31. The fourth-order valence-corrected chi connectivity index (χ4v) is 4.44. The van der Waals surface area contributed by atoms with Gasteiger partial charge in [0, 0.05) is 48.0 Å². The van der Waals surface area contributed by atoms with Crippen LogP contribution in [-0.2, 0) is 4.79 Å². The summed E-state index contributed by atoms with van der Waals surface area (Å²) in [4.78, 5) is 26.8. The average Bonchev–Trinajstić information content (AvgIpc) is 2.90. The maximum absolute atomic E-state index is 13.0. The number of carbonyl (C=O) groups is 1. The molecular formula is C29H28ClN5O. The maximum Gasteiger partial charge on any atom is 0.240 e. The van der Waals surface area contributed by atoms with E-state index < -0.39 is 0 Å². The number of halogens is 1. The predicted molar refractivity (Wildman–Crippen MR) is 146 cm³/mol. The van der Waals surface area contributed by atoms with E-state index in [9.17, 15) is 4.79 Å². The van der Waals surface area contributed by atoms with Crippen molar-refractivity contribution in [3.8, 4) is 22.5 Å². The van der Waals surface area contributed by atoms with E-state index in [0.29, 0.717) is 17.5 Å². The summed E-state index contributed by atoms with van der Waals surface area (Å²) >= 11 is 6.08. The summed E-state index contributed by atoms with van der Waals surface area (Å²) in [5, 5.41) is 3.59. The number of rotatable bonds is 6. The zero-order valence-corrected chi connectivity index (χ0v) is 20.9. The van der Waals surface area contributed by atoms with Crippen LogP contribution in [0.5, 0.6) is 0 Å². The largest absolute Gasteiger partial charge is 0.369 e. The summed E-state index contributed by atoms with van der Waals surface area (Å²) in [5.41, 5.74) is 5.74. The van der Waals surface area contributed by atoms with E-state index in [4.69, 9.17) is 11.6 Å². The molecule has 0 radical (unpaired) electrons. The molecular weight excluding hydrogens is 470 g/mol. The Morgan fingerprint density at radius 2 is 1.42 bits per heavy atom. The van der Waals surface area contributed by atoms with Gasteiger partial charge in [-0.2, -0.15) is 0 Å². The number of hydrogen-bond donors (Lipinski definition) is 1. The highest BCUT2D eigenvalue weighted by Gasteiger charge is 2.20. The fraction of sp³-hybridized carbons (Fsp3) is 0.207. The van der Waals surface area contributed by atoms with Crippen LogP contribution in [0.2, 0.25) is 5.02 Å². The van der Waals surface area contributed by atoms with Crippen LogP contribution in [0.1, 0.15) is 5.56 Å². The van der Waals surface area contributed by atoms with E-state index in [2.05, 4.69) is 49.4 Å². The number of nitrogens with zero attached hydrogens (tertiary/aromatic N) is 4. The molecule has 5 rings (SSSR count). The standard InChI is InChI=1S/C29H28ClN5O/c1-21-7-9-22(10-8-21)26-19-27(23-11-13-24(30)14-12-23)32-29(31-26)33-28(36)20-34-15-17-35(18-16-34)25-5-3-2-4-6-25/h2-14,19H,15-18,20H2,1H3,(H,31,32,33,36). The van der Waals surface area contributed by atoms with E-state index in [-0.39, 0.29) is 5.91 Å². The highest BCUT2D eigenvalue weighted by Crippen LogP contribution is 2.26. The van der Waals surface area contributed by atoms with Gasteiger partial charge in [-0.25, -0.2) is 9.97 Å². The summed E-state index contributed by atoms with van der Waals surface area (Å²) in [7, 11) is 0. The normalized spacial score (nSPS) is 14.0. The highest BCUT2D eigenvalue weighted by molar-refractivity contribution is 6.30. The van der Waals surface area contributed by atoms with Gasteiger partial charge in [-0.05, 0) is 37.3 Å². The Kier molecular flexibility index (Phi) is 7.26. The highest BCUT2D eigenvalue weighted by atomic mass is 35.5. The molecule has 182 valence electrons. The number of nitrogens with one attached hydrogen (secondary N) is 1. The van der Waals surface area contributed by atoms with Crippen LogP contribution in [0.25, 0.3) is 22.5 Å². The van der Waals surface area contributed by atoms with Crippen molar-refractivity contribution in [2.45, 2.75) is 6.92 Å². The van der Waals surface area contributed by atoms with Gasteiger partial charge in [-0.1, -0.05) is 71.8 Å². The minimum Gasteiger partial charge on any atom is -0.369 e. The molecule has 7 heteroatoms. The van der Waals surface area contributed by atoms with Crippen molar-refractivity contribution >= 4 is 29.1 Å². The Labute approximate surface area is 216 Å². The van der Waals surface area contributed by atoms with Crippen molar-refractivity contribution in [3.05, 3.63) is 95.5 Å². The van der Waals surface area contributed by atoms with Crippen molar-refractivity contribution in [3.63, 3.8) is 0 Å². The molecule has 36 heavy (non-hydrogen) atoms. The average molecular weight is 498 g/mol. The number of aromatic nitrogens is 2. The smallest absolute Gasteiger partial charge is 0.240 e. The number of benzene rings is 3. The van der Waals surface area contributed by atoms with E-state index in [1.807, 2.05) is 67.6 Å². The number of piperazine rings is 1. The molecule has 0 spiro atoms. The minimum atomic E-state index is -0.119. The van der Waals surface area contributed by atoms with Gasteiger partial charge in [0.1, 0.15) is 0 Å². The molecule has 0 unspecified atom stereocenters.